The Balaban J connectivity index is 3.28. The molecule has 0 aliphatic heterocycles. The SMILES string of the molecule is CCC(CC)(CC)NS(=O)(=O)c1cc(N)c(C)cc1F. The Morgan fingerprint density at radius 3 is 2.15 bits per heavy atom. The Morgan fingerprint density at radius 1 is 1.20 bits per heavy atom. The molecule has 1 aromatic carbocycles. The summed E-state index contributed by atoms with van der Waals surface area (Å²) in [5.74, 6) is -0.776. The summed E-state index contributed by atoms with van der Waals surface area (Å²) in [5.41, 5.74) is 5.93. The van der Waals surface area contributed by atoms with Crippen LogP contribution in [0.5, 0.6) is 0 Å². The average molecular weight is 302 g/mol. The summed E-state index contributed by atoms with van der Waals surface area (Å²) in [4.78, 5) is -0.389. The smallest absolute Gasteiger partial charge is 0.244 e. The minimum atomic E-state index is -3.93. The molecule has 1 rings (SSSR count). The lowest BCUT2D eigenvalue weighted by atomic mass is 9.91. The molecule has 114 valence electrons. The van der Waals surface area contributed by atoms with Crippen LogP contribution in [-0.2, 0) is 10.0 Å². The first kappa shape index (κ1) is 16.9. The van der Waals surface area contributed by atoms with Gasteiger partial charge in [0, 0.05) is 11.2 Å². The van der Waals surface area contributed by atoms with E-state index in [2.05, 4.69) is 4.72 Å². The number of benzene rings is 1. The Bertz CT molecular complexity index is 573. The Kier molecular flexibility index (Phi) is 5.15. The van der Waals surface area contributed by atoms with Gasteiger partial charge in [0.05, 0.1) is 0 Å². The van der Waals surface area contributed by atoms with Crippen LogP contribution in [-0.4, -0.2) is 14.0 Å². The number of anilines is 1. The normalized spacial score (nSPS) is 12.7. The van der Waals surface area contributed by atoms with Crippen LogP contribution in [0, 0.1) is 12.7 Å². The third kappa shape index (κ3) is 3.30. The number of nitrogens with one attached hydrogen (secondary N) is 1. The quantitative estimate of drug-likeness (QED) is 0.794. The summed E-state index contributed by atoms with van der Waals surface area (Å²) >= 11 is 0. The van der Waals surface area contributed by atoms with E-state index in [9.17, 15) is 12.8 Å². The number of halogens is 1. The maximum Gasteiger partial charge on any atom is 0.244 e. The van der Waals surface area contributed by atoms with Gasteiger partial charge in [-0.05, 0) is 43.9 Å². The molecule has 0 bridgehead atoms. The number of nitrogens with two attached hydrogens (primary N) is 1. The highest BCUT2D eigenvalue weighted by molar-refractivity contribution is 7.89. The van der Waals surface area contributed by atoms with Crippen molar-refractivity contribution in [3.8, 4) is 0 Å². The second-order valence-corrected chi connectivity index (χ2v) is 6.74. The topological polar surface area (TPSA) is 72.2 Å². The average Bonchev–Trinajstić information content (AvgIpc) is 2.40. The summed E-state index contributed by atoms with van der Waals surface area (Å²) in [6, 6.07) is 2.33. The number of hydrogen-bond donors (Lipinski definition) is 2. The lowest BCUT2D eigenvalue weighted by molar-refractivity contribution is 0.341. The molecule has 3 N–H and O–H groups in total. The molecular formula is C14H23FN2O2S. The number of nitrogen functional groups attached to an aromatic ring is 1. The lowest BCUT2D eigenvalue weighted by Gasteiger charge is -2.31. The predicted octanol–water partition coefficient (Wildman–Crippen LogP) is 2.96. The summed E-state index contributed by atoms with van der Waals surface area (Å²) < 4.78 is 41.4. The zero-order valence-corrected chi connectivity index (χ0v) is 13.3. The molecule has 0 spiro atoms. The lowest BCUT2D eigenvalue weighted by Crippen LogP contribution is -2.47. The van der Waals surface area contributed by atoms with Crippen molar-refractivity contribution < 1.29 is 12.8 Å². The van der Waals surface area contributed by atoms with Crippen LogP contribution in [0.3, 0.4) is 0 Å². The zero-order valence-electron chi connectivity index (χ0n) is 12.5. The molecule has 4 nitrogen and oxygen atoms in total. The van der Waals surface area contributed by atoms with Gasteiger partial charge < -0.3 is 5.73 Å². The number of rotatable bonds is 6. The second kappa shape index (κ2) is 6.10. The van der Waals surface area contributed by atoms with Crippen molar-refractivity contribution in [1.82, 2.24) is 4.72 Å². The van der Waals surface area contributed by atoms with Gasteiger partial charge in [-0.25, -0.2) is 17.5 Å². The van der Waals surface area contributed by atoms with Crippen LogP contribution in [0.1, 0.15) is 45.6 Å². The Labute approximate surface area is 120 Å². The fourth-order valence-electron chi connectivity index (χ4n) is 2.18. The van der Waals surface area contributed by atoms with Crippen molar-refractivity contribution in [1.29, 1.82) is 0 Å². The molecule has 6 heteroatoms. The summed E-state index contributed by atoms with van der Waals surface area (Å²) in [7, 11) is -3.93. The van der Waals surface area contributed by atoms with E-state index in [4.69, 9.17) is 5.73 Å². The van der Waals surface area contributed by atoms with Crippen LogP contribution in [0.25, 0.3) is 0 Å². The largest absolute Gasteiger partial charge is 0.398 e. The minimum Gasteiger partial charge on any atom is -0.398 e. The van der Waals surface area contributed by atoms with Gasteiger partial charge in [0.1, 0.15) is 10.7 Å². The van der Waals surface area contributed by atoms with Gasteiger partial charge in [-0.3, -0.25) is 0 Å². The molecule has 0 aliphatic carbocycles. The van der Waals surface area contributed by atoms with E-state index in [1.54, 1.807) is 6.92 Å². The maximum atomic E-state index is 13.9. The third-order valence-electron chi connectivity index (χ3n) is 3.99. The van der Waals surface area contributed by atoms with Gasteiger partial charge in [-0.15, -0.1) is 0 Å². The van der Waals surface area contributed by atoms with Gasteiger partial charge in [0.2, 0.25) is 10.0 Å². The highest BCUT2D eigenvalue weighted by Gasteiger charge is 2.32. The Morgan fingerprint density at radius 2 is 1.70 bits per heavy atom. The van der Waals surface area contributed by atoms with E-state index in [-0.39, 0.29) is 10.6 Å². The molecule has 0 fully saturated rings. The van der Waals surface area contributed by atoms with Crippen LogP contribution < -0.4 is 10.5 Å². The fourth-order valence-corrected chi connectivity index (χ4v) is 3.89. The van der Waals surface area contributed by atoms with E-state index in [0.29, 0.717) is 24.8 Å². The number of aryl methyl sites for hydroxylation is 1. The van der Waals surface area contributed by atoms with Crippen molar-refractivity contribution >= 4 is 15.7 Å². The molecule has 20 heavy (non-hydrogen) atoms. The molecule has 0 radical (unpaired) electrons. The summed E-state index contributed by atoms with van der Waals surface area (Å²) in [6.07, 6.45) is 1.92. The van der Waals surface area contributed by atoms with E-state index in [0.717, 1.165) is 6.07 Å². The molecule has 0 atom stereocenters. The van der Waals surface area contributed by atoms with Gasteiger partial charge in [-0.1, -0.05) is 20.8 Å². The summed E-state index contributed by atoms with van der Waals surface area (Å²) in [5, 5.41) is 0. The van der Waals surface area contributed by atoms with E-state index >= 15 is 0 Å². The van der Waals surface area contributed by atoms with E-state index in [1.807, 2.05) is 20.8 Å². The first-order valence-electron chi connectivity index (χ1n) is 6.81. The fraction of sp³-hybridized carbons (Fsp3) is 0.571. The molecule has 1 aromatic rings. The van der Waals surface area contributed by atoms with E-state index in [1.165, 1.54) is 6.07 Å². The number of hydrogen-bond acceptors (Lipinski definition) is 3. The maximum absolute atomic E-state index is 13.9. The van der Waals surface area contributed by atoms with Crippen molar-refractivity contribution in [2.45, 2.75) is 57.4 Å². The molecule has 0 heterocycles. The van der Waals surface area contributed by atoms with Gasteiger partial charge in [-0.2, -0.15) is 0 Å². The molecular weight excluding hydrogens is 279 g/mol. The van der Waals surface area contributed by atoms with Crippen molar-refractivity contribution in [2.75, 3.05) is 5.73 Å². The molecule has 0 aliphatic rings. The molecule has 0 saturated heterocycles. The second-order valence-electron chi connectivity index (χ2n) is 5.09. The van der Waals surface area contributed by atoms with Crippen LogP contribution in [0.15, 0.2) is 17.0 Å². The monoisotopic (exact) mass is 302 g/mol. The molecule has 0 aromatic heterocycles. The summed E-state index contributed by atoms with van der Waals surface area (Å²) in [6.45, 7) is 7.37. The number of sulfonamides is 1. The minimum absolute atomic E-state index is 0.266. The zero-order chi connectivity index (χ0) is 15.6. The van der Waals surface area contributed by atoms with Crippen LogP contribution >= 0.6 is 0 Å². The van der Waals surface area contributed by atoms with Crippen molar-refractivity contribution in [3.63, 3.8) is 0 Å². The van der Waals surface area contributed by atoms with Crippen molar-refractivity contribution in [2.24, 2.45) is 0 Å². The van der Waals surface area contributed by atoms with Crippen LogP contribution in [0.4, 0.5) is 10.1 Å². The van der Waals surface area contributed by atoms with Crippen molar-refractivity contribution in [3.05, 3.63) is 23.5 Å². The van der Waals surface area contributed by atoms with Gasteiger partial charge in [0.25, 0.3) is 0 Å². The highest BCUT2D eigenvalue weighted by Crippen LogP contribution is 2.26. The third-order valence-corrected chi connectivity index (χ3v) is 5.58. The standard InChI is InChI=1S/C14H23FN2O2S/c1-5-14(6-2,7-3)17-20(18,19)13-9-12(16)10(4)8-11(13)15/h8-9,17H,5-7,16H2,1-4H3. The first-order chi connectivity index (χ1) is 9.21. The molecule has 0 unspecified atom stereocenters. The van der Waals surface area contributed by atoms with E-state index < -0.39 is 21.4 Å². The molecule has 0 saturated carbocycles. The first-order valence-corrected chi connectivity index (χ1v) is 8.29. The van der Waals surface area contributed by atoms with Crippen LogP contribution in [0.2, 0.25) is 0 Å². The predicted molar refractivity (Wildman–Crippen MR) is 79.5 cm³/mol. The molecule has 0 amide bonds. The van der Waals surface area contributed by atoms with Gasteiger partial charge in [0.15, 0.2) is 0 Å². The van der Waals surface area contributed by atoms with Gasteiger partial charge >= 0.3 is 0 Å². The Hall–Kier alpha value is -1.14. The highest BCUT2D eigenvalue weighted by atomic mass is 32.2.